The first-order valence-corrected chi connectivity index (χ1v) is 11.4. The number of amides is 2. The monoisotopic (exact) mass is 496 g/mol. The standard InChI is InChI=1S/C26H25ClN2O6/c1-32-21-4-2-5-22(15-21)34-16-25(30)28-19-8-11-24-23(14-19)29(26(31)17-35-24)12-3-13-33-20-9-6-18(27)7-10-20/h2,4-11,14-15H,3,12-13,16-17H2,1H3,(H,28,30). The van der Waals surface area contributed by atoms with Crippen molar-refractivity contribution in [3.63, 3.8) is 0 Å². The smallest absolute Gasteiger partial charge is 0.265 e. The van der Waals surface area contributed by atoms with Gasteiger partial charge in [-0.1, -0.05) is 17.7 Å². The Morgan fingerprint density at radius 1 is 1.03 bits per heavy atom. The van der Waals surface area contributed by atoms with E-state index in [4.69, 9.17) is 30.5 Å². The van der Waals surface area contributed by atoms with Crippen molar-refractivity contribution in [3.8, 4) is 23.0 Å². The topological polar surface area (TPSA) is 86.3 Å². The second-order valence-corrected chi connectivity index (χ2v) is 8.12. The molecule has 1 N–H and O–H groups in total. The first-order chi connectivity index (χ1) is 17.0. The number of hydrogen-bond acceptors (Lipinski definition) is 6. The number of ether oxygens (including phenoxy) is 4. The third kappa shape index (κ3) is 6.58. The van der Waals surface area contributed by atoms with E-state index in [2.05, 4.69) is 5.32 Å². The summed E-state index contributed by atoms with van der Waals surface area (Å²) in [7, 11) is 1.56. The van der Waals surface area contributed by atoms with Crippen LogP contribution in [0.5, 0.6) is 23.0 Å². The summed E-state index contributed by atoms with van der Waals surface area (Å²) in [5.41, 5.74) is 1.13. The van der Waals surface area contributed by atoms with Gasteiger partial charge in [-0.15, -0.1) is 0 Å². The molecule has 3 aromatic carbocycles. The lowest BCUT2D eigenvalue weighted by molar-refractivity contribution is -0.121. The molecule has 0 atom stereocenters. The Morgan fingerprint density at radius 3 is 2.63 bits per heavy atom. The highest BCUT2D eigenvalue weighted by atomic mass is 35.5. The molecule has 1 heterocycles. The van der Waals surface area contributed by atoms with Crippen molar-refractivity contribution >= 4 is 34.8 Å². The number of carbonyl (C=O) groups is 2. The Hall–Kier alpha value is -3.91. The Labute approximate surface area is 208 Å². The largest absolute Gasteiger partial charge is 0.497 e. The number of fused-ring (bicyclic) bond motifs is 1. The van der Waals surface area contributed by atoms with Gasteiger partial charge in [0.25, 0.3) is 11.8 Å². The molecule has 0 saturated carbocycles. The Kier molecular flexibility index (Phi) is 7.95. The predicted octanol–water partition coefficient (Wildman–Crippen LogP) is 4.56. The van der Waals surface area contributed by atoms with Gasteiger partial charge in [0.1, 0.15) is 23.0 Å². The van der Waals surface area contributed by atoms with Crippen LogP contribution in [0.2, 0.25) is 5.02 Å². The molecular weight excluding hydrogens is 472 g/mol. The Morgan fingerprint density at radius 2 is 1.83 bits per heavy atom. The maximum Gasteiger partial charge on any atom is 0.265 e. The van der Waals surface area contributed by atoms with Gasteiger partial charge in [0.2, 0.25) is 0 Å². The van der Waals surface area contributed by atoms with E-state index >= 15 is 0 Å². The summed E-state index contributed by atoms with van der Waals surface area (Å²) in [4.78, 5) is 26.6. The zero-order chi connectivity index (χ0) is 24.6. The number of anilines is 2. The normalized spacial score (nSPS) is 12.4. The molecule has 35 heavy (non-hydrogen) atoms. The lowest BCUT2D eigenvalue weighted by Crippen LogP contribution is -2.39. The first-order valence-electron chi connectivity index (χ1n) is 11.0. The van der Waals surface area contributed by atoms with E-state index in [1.165, 1.54) is 0 Å². The lowest BCUT2D eigenvalue weighted by atomic mass is 10.2. The first kappa shape index (κ1) is 24.2. The summed E-state index contributed by atoms with van der Waals surface area (Å²) in [6.07, 6.45) is 0.610. The van der Waals surface area contributed by atoms with Crippen LogP contribution in [0, 0.1) is 0 Å². The molecule has 0 bridgehead atoms. The van der Waals surface area contributed by atoms with Crippen molar-refractivity contribution in [1.29, 1.82) is 0 Å². The van der Waals surface area contributed by atoms with E-state index < -0.39 is 0 Å². The number of halogens is 1. The van der Waals surface area contributed by atoms with Crippen LogP contribution in [0.3, 0.4) is 0 Å². The van der Waals surface area contributed by atoms with Gasteiger partial charge < -0.3 is 29.2 Å². The number of nitrogens with one attached hydrogen (secondary N) is 1. The molecule has 0 spiro atoms. The maximum atomic E-state index is 12.5. The van der Waals surface area contributed by atoms with E-state index in [9.17, 15) is 9.59 Å². The van der Waals surface area contributed by atoms with Crippen molar-refractivity contribution in [3.05, 3.63) is 71.8 Å². The SMILES string of the molecule is COc1cccc(OCC(=O)Nc2ccc3c(c2)N(CCCOc2ccc(Cl)cc2)C(=O)CO3)c1. The number of methoxy groups -OCH3 is 1. The van der Waals surface area contributed by atoms with Gasteiger partial charge in [-0.2, -0.15) is 0 Å². The van der Waals surface area contributed by atoms with Crippen LogP contribution in [0.15, 0.2) is 66.7 Å². The third-order valence-corrected chi connectivity index (χ3v) is 5.46. The molecule has 0 saturated heterocycles. The van der Waals surface area contributed by atoms with Crippen LogP contribution in [0.4, 0.5) is 11.4 Å². The van der Waals surface area contributed by atoms with E-state index in [-0.39, 0.29) is 25.0 Å². The van der Waals surface area contributed by atoms with Crippen molar-refractivity contribution < 1.29 is 28.5 Å². The summed E-state index contributed by atoms with van der Waals surface area (Å²) in [6.45, 7) is 0.662. The molecule has 0 unspecified atom stereocenters. The molecule has 0 fully saturated rings. The number of rotatable bonds is 10. The van der Waals surface area contributed by atoms with Gasteiger partial charge in [-0.05, 0) is 61.0 Å². The zero-order valence-corrected chi connectivity index (χ0v) is 19.9. The van der Waals surface area contributed by atoms with Gasteiger partial charge in [0.15, 0.2) is 13.2 Å². The minimum Gasteiger partial charge on any atom is -0.497 e. The van der Waals surface area contributed by atoms with E-state index in [1.54, 1.807) is 78.7 Å². The van der Waals surface area contributed by atoms with Crippen LogP contribution in [-0.4, -0.2) is 45.3 Å². The van der Waals surface area contributed by atoms with Crippen LogP contribution in [0.25, 0.3) is 0 Å². The molecule has 9 heteroatoms. The molecule has 8 nitrogen and oxygen atoms in total. The second-order valence-electron chi connectivity index (χ2n) is 7.69. The molecule has 0 radical (unpaired) electrons. The molecule has 182 valence electrons. The number of benzene rings is 3. The number of nitrogens with zero attached hydrogens (tertiary/aromatic N) is 1. The minimum absolute atomic E-state index is 0.0366. The summed E-state index contributed by atoms with van der Waals surface area (Å²) in [5, 5.41) is 3.44. The molecule has 1 aliphatic rings. The van der Waals surface area contributed by atoms with E-state index in [0.29, 0.717) is 59.0 Å². The van der Waals surface area contributed by atoms with Gasteiger partial charge in [0.05, 0.1) is 19.4 Å². The Balaban J connectivity index is 1.34. The highest BCUT2D eigenvalue weighted by Gasteiger charge is 2.25. The van der Waals surface area contributed by atoms with Crippen molar-refractivity contribution in [1.82, 2.24) is 0 Å². The summed E-state index contributed by atoms with van der Waals surface area (Å²) in [5.74, 6) is 1.96. The minimum atomic E-state index is -0.335. The molecule has 2 amide bonds. The van der Waals surface area contributed by atoms with Gasteiger partial charge >= 0.3 is 0 Å². The zero-order valence-electron chi connectivity index (χ0n) is 19.2. The summed E-state index contributed by atoms with van der Waals surface area (Å²) >= 11 is 5.89. The van der Waals surface area contributed by atoms with Crippen molar-refractivity contribution in [2.45, 2.75) is 6.42 Å². The summed E-state index contributed by atoms with van der Waals surface area (Å²) in [6, 6.07) is 19.3. The number of hydrogen-bond donors (Lipinski definition) is 1. The van der Waals surface area contributed by atoms with Crippen molar-refractivity contribution in [2.75, 3.05) is 43.7 Å². The van der Waals surface area contributed by atoms with Crippen LogP contribution in [0.1, 0.15) is 6.42 Å². The molecule has 4 rings (SSSR count). The summed E-state index contributed by atoms with van der Waals surface area (Å²) < 4.78 is 22.0. The fourth-order valence-electron chi connectivity index (χ4n) is 3.51. The van der Waals surface area contributed by atoms with Gasteiger partial charge in [0, 0.05) is 23.3 Å². The van der Waals surface area contributed by atoms with E-state index in [0.717, 1.165) is 0 Å². The van der Waals surface area contributed by atoms with Crippen LogP contribution >= 0.6 is 11.6 Å². The number of carbonyl (C=O) groups excluding carboxylic acids is 2. The molecule has 3 aromatic rings. The molecule has 1 aliphatic heterocycles. The average Bonchev–Trinajstić information content (AvgIpc) is 2.87. The van der Waals surface area contributed by atoms with Crippen LogP contribution in [-0.2, 0) is 9.59 Å². The fraction of sp³-hybridized carbons (Fsp3) is 0.231. The highest BCUT2D eigenvalue weighted by molar-refractivity contribution is 6.30. The van der Waals surface area contributed by atoms with E-state index in [1.807, 2.05) is 0 Å². The third-order valence-electron chi connectivity index (χ3n) is 5.21. The predicted molar refractivity (Wildman–Crippen MR) is 133 cm³/mol. The van der Waals surface area contributed by atoms with Gasteiger partial charge in [-0.3, -0.25) is 9.59 Å². The van der Waals surface area contributed by atoms with Gasteiger partial charge in [-0.25, -0.2) is 0 Å². The molecule has 0 aliphatic carbocycles. The lowest BCUT2D eigenvalue weighted by Gasteiger charge is -2.30. The Bertz CT molecular complexity index is 1180. The second kappa shape index (κ2) is 11.5. The quantitative estimate of drug-likeness (QED) is 0.414. The molecule has 0 aromatic heterocycles. The molecular formula is C26H25ClN2O6. The fourth-order valence-corrected chi connectivity index (χ4v) is 3.63. The average molecular weight is 497 g/mol. The maximum absolute atomic E-state index is 12.5. The highest BCUT2D eigenvalue weighted by Crippen LogP contribution is 2.34. The van der Waals surface area contributed by atoms with Crippen molar-refractivity contribution in [2.24, 2.45) is 0 Å². The van der Waals surface area contributed by atoms with Crippen LogP contribution < -0.4 is 29.2 Å².